The van der Waals surface area contributed by atoms with E-state index in [1.165, 1.54) is 22.7 Å². The molecule has 1 atom stereocenters. The van der Waals surface area contributed by atoms with Crippen molar-refractivity contribution in [2.45, 2.75) is 13.0 Å². The fourth-order valence-electron chi connectivity index (χ4n) is 2.07. The number of halogens is 1. The highest BCUT2D eigenvalue weighted by atomic mass is 79.9. The highest BCUT2D eigenvalue weighted by Gasteiger charge is 2.19. The summed E-state index contributed by atoms with van der Waals surface area (Å²) >= 11 is 5.97. The molecular weight excluding hydrogens is 426 g/mol. The number of hydrogen-bond donors (Lipinski definition) is 2. The number of nitrogens with zero attached hydrogens (tertiary/aromatic N) is 1. The number of ether oxygens (including phenoxy) is 1. The molecule has 0 aliphatic carbocycles. The second-order valence-corrected chi connectivity index (χ2v) is 8.63. The summed E-state index contributed by atoms with van der Waals surface area (Å²) in [6.45, 7) is 1.63. The number of aromatic nitrogens is 1. The monoisotopic (exact) mass is 439 g/mol. The van der Waals surface area contributed by atoms with E-state index in [2.05, 4.69) is 31.5 Å². The first-order chi connectivity index (χ1) is 12.0. The minimum atomic E-state index is -0.685. The van der Waals surface area contributed by atoms with Gasteiger partial charge in [-0.1, -0.05) is 11.3 Å². The molecule has 0 bridgehead atoms. The van der Waals surface area contributed by atoms with Gasteiger partial charge in [0.1, 0.15) is 11.8 Å². The molecule has 2 heterocycles. The van der Waals surface area contributed by atoms with Crippen molar-refractivity contribution in [3.63, 3.8) is 0 Å². The Morgan fingerprint density at radius 3 is 2.72 bits per heavy atom. The first kappa shape index (κ1) is 17.8. The van der Waals surface area contributed by atoms with E-state index in [9.17, 15) is 9.59 Å². The molecule has 3 rings (SSSR count). The first-order valence-electron chi connectivity index (χ1n) is 7.28. The molecule has 2 aromatic heterocycles. The maximum Gasteiger partial charge on any atom is 0.262 e. The SMILES string of the molecule is COc1ccc2nc(NC(=O)C(C)NC(=O)c3ccc(Br)s3)sc2c1. The highest BCUT2D eigenvalue weighted by molar-refractivity contribution is 9.11. The summed E-state index contributed by atoms with van der Waals surface area (Å²) in [5.41, 5.74) is 0.779. The lowest BCUT2D eigenvalue weighted by molar-refractivity contribution is -0.117. The van der Waals surface area contributed by atoms with Crippen molar-refractivity contribution < 1.29 is 14.3 Å². The Hall–Kier alpha value is -1.97. The number of anilines is 1. The van der Waals surface area contributed by atoms with Crippen LogP contribution in [0, 0.1) is 0 Å². The number of rotatable bonds is 5. The number of amides is 2. The number of carbonyl (C=O) groups excluding carboxylic acids is 2. The third kappa shape index (κ3) is 4.17. The molecule has 0 saturated heterocycles. The summed E-state index contributed by atoms with van der Waals surface area (Å²) in [6, 6.07) is 8.32. The molecule has 3 aromatic rings. The third-order valence-electron chi connectivity index (χ3n) is 3.36. The van der Waals surface area contributed by atoms with E-state index in [4.69, 9.17) is 4.74 Å². The molecule has 0 aliphatic heterocycles. The van der Waals surface area contributed by atoms with Crippen molar-refractivity contribution in [3.05, 3.63) is 39.0 Å². The lowest BCUT2D eigenvalue weighted by Crippen LogP contribution is -2.41. The van der Waals surface area contributed by atoms with Crippen LogP contribution < -0.4 is 15.4 Å². The zero-order valence-electron chi connectivity index (χ0n) is 13.3. The average molecular weight is 440 g/mol. The van der Waals surface area contributed by atoms with Gasteiger partial charge in [-0.15, -0.1) is 11.3 Å². The Labute approximate surface area is 160 Å². The maximum absolute atomic E-state index is 12.3. The molecule has 130 valence electrons. The third-order valence-corrected chi connectivity index (χ3v) is 5.92. The number of benzene rings is 1. The minimum Gasteiger partial charge on any atom is -0.497 e. The van der Waals surface area contributed by atoms with Crippen LogP contribution in [0.15, 0.2) is 34.1 Å². The van der Waals surface area contributed by atoms with Crippen LogP contribution in [0.5, 0.6) is 5.75 Å². The second kappa shape index (κ2) is 7.51. The normalized spacial score (nSPS) is 12.0. The molecule has 0 fully saturated rings. The molecule has 1 unspecified atom stereocenters. The number of carbonyl (C=O) groups is 2. The Kier molecular flexibility index (Phi) is 5.36. The molecular formula is C16H14BrN3O3S2. The van der Waals surface area contributed by atoms with Crippen molar-refractivity contribution in [3.8, 4) is 5.75 Å². The van der Waals surface area contributed by atoms with Crippen molar-refractivity contribution in [2.24, 2.45) is 0 Å². The van der Waals surface area contributed by atoms with E-state index in [0.29, 0.717) is 10.0 Å². The van der Waals surface area contributed by atoms with E-state index in [0.717, 1.165) is 19.8 Å². The number of methoxy groups -OCH3 is 1. The van der Waals surface area contributed by atoms with Crippen LogP contribution in [-0.4, -0.2) is 29.9 Å². The zero-order chi connectivity index (χ0) is 18.0. The maximum atomic E-state index is 12.3. The van der Waals surface area contributed by atoms with Crippen molar-refractivity contribution in [1.82, 2.24) is 10.3 Å². The lowest BCUT2D eigenvalue weighted by atomic mass is 10.3. The van der Waals surface area contributed by atoms with Gasteiger partial charge in [-0.3, -0.25) is 9.59 Å². The predicted molar refractivity (Wildman–Crippen MR) is 104 cm³/mol. The van der Waals surface area contributed by atoms with E-state index in [-0.39, 0.29) is 11.8 Å². The first-order valence-corrected chi connectivity index (χ1v) is 9.70. The molecule has 2 N–H and O–H groups in total. The van der Waals surface area contributed by atoms with Crippen LogP contribution in [0.1, 0.15) is 16.6 Å². The van der Waals surface area contributed by atoms with Gasteiger partial charge in [-0.25, -0.2) is 4.98 Å². The van der Waals surface area contributed by atoms with E-state index < -0.39 is 6.04 Å². The summed E-state index contributed by atoms with van der Waals surface area (Å²) in [6.07, 6.45) is 0. The smallest absolute Gasteiger partial charge is 0.262 e. The summed E-state index contributed by atoms with van der Waals surface area (Å²) in [5.74, 6) is 0.124. The minimum absolute atomic E-state index is 0.285. The fraction of sp³-hybridized carbons (Fsp3) is 0.188. The van der Waals surface area contributed by atoms with E-state index in [1.807, 2.05) is 18.2 Å². The molecule has 6 nitrogen and oxygen atoms in total. The summed E-state index contributed by atoms with van der Waals surface area (Å²) < 4.78 is 6.95. The van der Waals surface area contributed by atoms with Gasteiger partial charge in [-0.05, 0) is 53.2 Å². The van der Waals surface area contributed by atoms with Crippen LogP contribution in [0.3, 0.4) is 0 Å². The lowest BCUT2D eigenvalue weighted by Gasteiger charge is -2.12. The van der Waals surface area contributed by atoms with Gasteiger partial charge in [0, 0.05) is 0 Å². The number of thiophene rings is 1. The van der Waals surface area contributed by atoms with E-state index in [1.54, 1.807) is 26.2 Å². The van der Waals surface area contributed by atoms with Gasteiger partial charge in [-0.2, -0.15) is 0 Å². The van der Waals surface area contributed by atoms with Crippen molar-refractivity contribution in [2.75, 3.05) is 12.4 Å². The van der Waals surface area contributed by atoms with E-state index >= 15 is 0 Å². The Morgan fingerprint density at radius 2 is 2.04 bits per heavy atom. The summed E-state index contributed by atoms with van der Waals surface area (Å²) in [7, 11) is 1.60. The van der Waals surface area contributed by atoms with Crippen LogP contribution in [0.4, 0.5) is 5.13 Å². The van der Waals surface area contributed by atoms with Crippen LogP contribution >= 0.6 is 38.6 Å². The van der Waals surface area contributed by atoms with Crippen LogP contribution in [0.2, 0.25) is 0 Å². The quantitative estimate of drug-likeness (QED) is 0.631. The number of thiazole rings is 1. The number of nitrogens with one attached hydrogen (secondary N) is 2. The summed E-state index contributed by atoms with van der Waals surface area (Å²) in [4.78, 5) is 29.3. The Morgan fingerprint density at radius 1 is 1.24 bits per heavy atom. The number of hydrogen-bond acceptors (Lipinski definition) is 6. The van der Waals surface area contributed by atoms with Crippen molar-refractivity contribution >= 4 is 65.8 Å². The molecule has 2 amide bonds. The fourth-order valence-corrected chi connectivity index (χ4v) is 4.26. The van der Waals surface area contributed by atoms with Crippen molar-refractivity contribution in [1.29, 1.82) is 0 Å². The van der Waals surface area contributed by atoms with Crippen LogP contribution in [-0.2, 0) is 4.79 Å². The molecule has 0 spiro atoms. The Bertz CT molecular complexity index is 938. The summed E-state index contributed by atoms with van der Waals surface area (Å²) in [5, 5.41) is 5.89. The van der Waals surface area contributed by atoms with Gasteiger partial charge in [0.2, 0.25) is 5.91 Å². The predicted octanol–water partition coefficient (Wildman–Crippen LogP) is 3.89. The zero-order valence-corrected chi connectivity index (χ0v) is 16.5. The number of fused-ring (bicyclic) bond motifs is 1. The second-order valence-electron chi connectivity index (χ2n) is 5.14. The molecule has 1 aromatic carbocycles. The molecule has 0 aliphatic rings. The van der Waals surface area contributed by atoms with Crippen LogP contribution in [0.25, 0.3) is 10.2 Å². The Balaban J connectivity index is 1.65. The van der Waals surface area contributed by atoms with Gasteiger partial charge in [0.05, 0.1) is 26.0 Å². The molecule has 0 radical (unpaired) electrons. The standard InChI is InChI=1S/C16H14BrN3O3S2/c1-8(18-15(22)11-5-6-13(17)24-11)14(21)20-16-19-10-4-3-9(23-2)7-12(10)25-16/h3-8H,1-2H3,(H,18,22)(H,19,20,21). The largest absolute Gasteiger partial charge is 0.497 e. The topological polar surface area (TPSA) is 80.3 Å². The molecule has 25 heavy (non-hydrogen) atoms. The van der Waals surface area contributed by atoms with Gasteiger partial charge < -0.3 is 15.4 Å². The van der Waals surface area contributed by atoms with Gasteiger partial charge in [0.25, 0.3) is 5.91 Å². The highest BCUT2D eigenvalue weighted by Crippen LogP contribution is 2.29. The average Bonchev–Trinajstić information content (AvgIpc) is 3.19. The van der Waals surface area contributed by atoms with Gasteiger partial charge >= 0.3 is 0 Å². The molecule has 0 saturated carbocycles. The molecule has 9 heteroatoms. The van der Waals surface area contributed by atoms with Gasteiger partial charge in [0.15, 0.2) is 5.13 Å².